The fourth-order valence-electron chi connectivity index (χ4n) is 2.18. The number of pyridine rings is 1. The predicted molar refractivity (Wildman–Crippen MR) is 94.1 cm³/mol. The van der Waals surface area contributed by atoms with Gasteiger partial charge in [-0.1, -0.05) is 6.07 Å². The summed E-state index contributed by atoms with van der Waals surface area (Å²) in [5.41, 5.74) is 2.43. The highest BCUT2D eigenvalue weighted by Crippen LogP contribution is 2.22. The molecule has 0 aliphatic heterocycles. The first-order chi connectivity index (χ1) is 11.8. The molecule has 2 heterocycles. The van der Waals surface area contributed by atoms with Gasteiger partial charge < -0.3 is 10.1 Å². The van der Waals surface area contributed by atoms with Crippen LogP contribution < -0.4 is 10.1 Å². The molecule has 0 aliphatic rings. The number of carbonyl (C=O) groups excluding carboxylic acids is 1. The Morgan fingerprint density at radius 3 is 2.88 bits per heavy atom. The molecule has 0 spiro atoms. The highest BCUT2D eigenvalue weighted by atomic mass is 32.1. The van der Waals surface area contributed by atoms with Gasteiger partial charge in [-0.15, -0.1) is 11.3 Å². The Hall–Kier alpha value is -2.73. The molecule has 24 heavy (non-hydrogen) atoms. The Labute approximate surface area is 144 Å². The van der Waals surface area contributed by atoms with Crippen molar-refractivity contribution in [2.45, 2.75) is 13.5 Å². The number of ether oxygens (including phenoxy) is 1. The van der Waals surface area contributed by atoms with Crippen LogP contribution in [0.5, 0.6) is 5.75 Å². The molecule has 2 aromatic heterocycles. The number of amides is 1. The first-order valence-corrected chi connectivity index (χ1v) is 8.50. The van der Waals surface area contributed by atoms with Gasteiger partial charge in [0.1, 0.15) is 10.8 Å². The fourth-order valence-corrected chi connectivity index (χ4v) is 3.01. The van der Waals surface area contributed by atoms with Gasteiger partial charge in [0.25, 0.3) is 5.91 Å². The highest BCUT2D eigenvalue weighted by molar-refractivity contribution is 7.13. The highest BCUT2D eigenvalue weighted by Gasteiger charge is 2.09. The van der Waals surface area contributed by atoms with Crippen LogP contribution in [0.2, 0.25) is 0 Å². The Balaban J connectivity index is 1.62. The lowest BCUT2D eigenvalue weighted by molar-refractivity contribution is 0.0950. The summed E-state index contributed by atoms with van der Waals surface area (Å²) in [5, 5.41) is 5.75. The Bertz CT molecular complexity index is 818. The van der Waals surface area contributed by atoms with Crippen molar-refractivity contribution < 1.29 is 9.53 Å². The molecule has 6 heteroatoms. The van der Waals surface area contributed by atoms with Crippen LogP contribution in [-0.2, 0) is 6.54 Å². The summed E-state index contributed by atoms with van der Waals surface area (Å²) in [6, 6.07) is 11.0. The lowest BCUT2D eigenvalue weighted by Crippen LogP contribution is -2.22. The van der Waals surface area contributed by atoms with Crippen LogP contribution in [0.25, 0.3) is 10.6 Å². The Morgan fingerprint density at radius 1 is 1.25 bits per heavy atom. The summed E-state index contributed by atoms with van der Waals surface area (Å²) in [4.78, 5) is 20.8. The summed E-state index contributed by atoms with van der Waals surface area (Å²) in [6.45, 7) is 2.87. The number of nitrogens with zero attached hydrogens (tertiary/aromatic N) is 2. The van der Waals surface area contributed by atoms with E-state index in [9.17, 15) is 4.79 Å². The molecule has 5 nitrogen and oxygen atoms in total. The van der Waals surface area contributed by atoms with Gasteiger partial charge >= 0.3 is 0 Å². The van der Waals surface area contributed by atoms with Crippen molar-refractivity contribution in [2.24, 2.45) is 0 Å². The number of thiazole rings is 1. The largest absolute Gasteiger partial charge is 0.494 e. The van der Waals surface area contributed by atoms with E-state index in [-0.39, 0.29) is 5.91 Å². The minimum Gasteiger partial charge on any atom is -0.494 e. The standard InChI is InChI=1S/C18H17N3O2S/c1-2-23-16-5-3-4-14(10-16)17(22)20-11-15-12-24-18(21-15)13-6-8-19-9-7-13/h3-10,12H,2,11H2,1H3,(H,20,22). The molecule has 0 saturated heterocycles. The quantitative estimate of drug-likeness (QED) is 0.746. The van der Waals surface area contributed by atoms with E-state index in [1.807, 2.05) is 36.6 Å². The third kappa shape index (κ3) is 3.97. The van der Waals surface area contributed by atoms with Crippen molar-refractivity contribution in [2.75, 3.05) is 6.61 Å². The zero-order chi connectivity index (χ0) is 16.8. The molecule has 3 rings (SSSR count). The molecule has 0 bridgehead atoms. The maximum Gasteiger partial charge on any atom is 0.251 e. The molecule has 1 aromatic carbocycles. The fraction of sp³-hybridized carbons (Fsp3) is 0.167. The van der Waals surface area contributed by atoms with Gasteiger partial charge in [0.05, 0.1) is 18.8 Å². The van der Waals surface area contributed by atoms with Crippen LogP contribution in [0, 0.1) is 0 Å². The van der Waals surface area contributed by atoms with E-state index in [1.54, 1.807) is 35.9 Å². The number of nitrogens with one attached hydrogen (secondary N) is 1. The van der Waals surface area contributed by atoms with E-state index in [0.29, 0.717) is 24.5 Å². The molecular formula is C18H17N3O2S. The van der Waals surface area contributed by atoms with Gasteiger partial charge in [-0.05, 0) is 37.3 Å². The van der Waals surface area contributed by atoms with Crippen LogP contribution in [0.1, 0.15) is 23.0 Å². The molecule has 1 N–H and O–H groups in total. The van der Waals surface area contributed by atoms with Gasteiger partial charge in [-0.3, -0.25) is 9.78 Å². The molecule has 0 saturated carbocycles. The van der Waals surface area contributed by atoms with Crippen LogP contribution in [0.15, 0.2) is 54.2 Å². The van der Waals surface area contributed by atoms with Crippen molar-refractivity contribution in [3.63, 3.8) is 0 Å². The minimum atomic E-state index is -0.144. The monoisotopic (exact) mass is 339 g/mol. The van der Waals surface area contributed by atoms with Gasteiger partial charge in [-0.2, -0.15) is 0 Å². The van der Waals surface area contributed by atoms with E-state index < -0.39 is 0 Å². The Morgan fingerprint density at radius 2 is 2.08 bits per heavy atom. The van der Waals surface area contributed by atoms with Crippen LogP contribution >= 0.6 is 11.3 Å². The van der Waals surface area contributed by atoms with Crippen molar-refractivity contribution in [1.29, 1.82) is 0 Å². The Kier molecular flexibility index (Phi) is 5.18. The normalized spacial score (nSPS) is 10.4. The van der Waals surface area contributed by atoms with E-state index in [2.05, 4.69) is 15.3 Å². The second-order valence-electron chi connectivity index (χ2n) is 5.02. The first-order valence-electron chi connectivity index (χ1n) is 7.62. The molecule has 0 radical (unpaired) electrons. The topological polar surface area (TPSA) is 64.1 Å². The SMILES string of the molecule is CCOc1cccc(C(=O)NCc2csc(-c3ccncc3)n2)c1. The van der Waals surface area contributed by atoms with Crippen molar-refractivity contribution in [3.05, 3.63) is 65.4 Å². The van der Waals surface area contributed by atoms with Crippen LogP contribution in [0.3, 0.4) is 0 Å². The van der Waals surface area contributed by atoms with Crippen molar-refractivity contribution >= 4 is 17.2 Å². The molecular weight excluding hydrogens is 322 g/mol. The average Bonchev–Trinajstić information content (AvgIpc) is 3.10. The van der Waals surface area contributed by atoms with Crippen molar-refractivity contribution in [3.8, 4) is 16.3 Å². The molecule has 122 valence electrons. The summed E-state index contributed by atoms with van der Waals surface area (Å²) < 4.78 is 5.42. The molecule has 0 atom stereocenters. The van der Waals surface area contributed by atoms with Crippen molar-refractivity contribution in [1.82, 2.24) is 15.3 Å². The van der Waals surface area contributed by atoms with E-state index >= 15 is 0 Å². The number of benzene rings is 1. The minimum absolute atomic E-state index is 0.144. The third-order valence-electron chi connectivity index (χ3n) is 3.32. The summed E-state index contributed by atoms with van der Waals surface area (Å²) in [6.07, 6.45) is 3.48. The second-order valence-corrected chi connectivity index (χ2v) is 5.88. The molecule has 0 fully saturated rings. The number of carbonyl (C=O) groups is 1. The third-order valence-corrected chi connectivity index (χ3v) is 4.26. The van der Waals surface area contributed by atoms with Gasteiger partial charge in [0, 0.05) is 28.9 Å². The average molecular weight is 339 g/mol. The zero-order valence-corrected chi connectivity index (χ0v) is 14.0. The molecule has 1 amide bonds. The summed E-state index contributed by atoms with van der Waals surface area (Å²) >= 11 is 1.55. The number of hydrogen-bond acceptors (Lipinski definition) is 5. The summed E-state index contributed by atoms with van der Waals surface area (Å²) in [7, 11) is 0. The second kappa shape index (κ2) is 7.70. The lowest BCUT2D eigenvalue weighted by atomic mass is 10.2. The summed E-state index contributed by atoms with van der Waals surface area (Å²) in [5.74, 6) is 0.550. The van der Waals surface area contributed by atoms with E-state index in [1.165, 1.54) is 0 Å². The molecule has 0 aliphatic carbocycles. The van der Waals surface area contributed by atoms with Crippen LogP contribution in [0.4, 0.5) is 0 Å². The van der Waals surface area contributed by atoms with E-state index in [0.717, 1.165) is 16.3 Å². The maximum absolute atomic E-state index is 12.3. The number of hydrogen-bond donors (Lipinski definition) is 1. The zero-order valence-electron chi connectivity index (χ0n) is 13.2. The van der Waals surface area contributed by atoms with Gasteiger partial charge in [0.15, 0.2) is 0 Å². The van der Waals surface area contributed by atoms with Gasteiger partial charge in [0.2, 0.25) is 0 Å². The van der Waals surface area contributed by atoms with Crippen LogP contribution in [-0.4, -0.2) is 22.5 Å². The van der Waals surface area contributed by atoms with E-state index in [4.69, 9.17) is 4.74 Å². The molecule has 3 aromatic rings. The smallest absolute Gasteiger partial charge is 0.251 e. The molecule has 0 unspecified atom stereocenters. The maximum atomic E-state index is 12.3. The van der Waals surface area contributed by atoms with Gasteiger partial charge in [-0.25, -0.2) is 4.98 Å². The first kappa shape index (κ1) is 16.1. The number of aromatic nitrogens is 2. The predicted octanol–water partition coefficient (Wildman–Crippen LogP) is 3.53. The lowest BCUT2D eigenvalue weighted by Gasteiger charge is -2.06. The number of rotatable bonds is 6.